The number of carbonyl (C=O) groups is 4. The Balaban J connectivity index is 1.62. The molecule has 4 atom stereocenters. The lowest BCUT2D eigenvalue weighted by Gasteiger charge is -2.26. The number of amides is 2. The van der Waals surface area contributed by atoms with Gasteiger partial charge in [-0.05, 0) is 85.3 Å². The van der Waals surface area contributed by atoms with Crippen molar-refractivity contribution in [3.63, 3.8) is 0 Å². The molecule has 0 saturated heterocycles. The zero-order valence-corrected chi connectivity index (χ0v) is 29.9. The molecular weight excluding hydrogens is 677 g/mol. The highest BCUT2D eigenvalue weighted by Gasteiger charge is 2.50. The molecule has 3 unspecified atom stereocenters. The normalized spacial score (nSPS) is 13.7. The zero-order valence-electron chi connectivity index (χ0n) is 28.1. The van der Waals surface area contributed by atoms with Crippen LogP contribution in [0.1, 0.15) is 59.4 Å². The third-order valence-corrected chi connectivity index (χ3v) is 10.6. The van der Waals surface area contributed by atoms with E-state index >= 15 is 0 Å². The minimum Gasteiger partial charge on any atom is -0.480 e. The second-order valence-corrected chi connectivity index (χ2v) is 14.4. The minimum absolute atomic E-state index is 0.0203. The number of carbonyl (C=O) groups excluding carboxylic acids is 3. The predicted molar refractivity (Wildman–Crippen MR) is 192 cm³/mol. The number of carboxylic acid groups (broad SMARTS) is 1. The van der Waals surface area contributed by atoms with Crippen molar-refractivity contribution in [1.82, 2.24) is 5.32 Å². The monoisotopic (exact) mass is 719 g/mol. The highest BCUT2D eigenvalue weighted by atomic mass is 32.2. The van der Waals surface area contributed by atoms with E-state index in [0.29, 0.717) is 23.4 Å². The average molecular weight is 720 g/mol. The Morgan fingerprint density at radius 3 is 2.22 bits per heavy atom. The van der Waals surface area contributed by atoms with E-state index in [1.807, 2.05) is 74.5 Å². The Morgan fingerprint density at radius 1 is 0.920 bits per heavy atom. The molecule has 1 heterocycles. The van der Waals surface area contributed by atoms with Crippen molar-refractivity contribution in [2.24, 2.45) is 11.8 Å². The maximum absolute atomic E-state index is 13.8. The number of thioether (sulfide) groups is 1. The van der Waals surface area contributed by atoms with Gasteiger partial charge in [0.1, 0.15) is 12.0 Å². The average Bonchev–Trinajstić information content (AvgIpc) is 3.12. The Morgan fingerprint density at radius 2 is 1.58 bits per heavy atom. The predicted octanol–water partition coefficient (Wildman–Crippen LogP) is 5.36. The number of para-hydroxylation sites is 1. The second kappa shape index (κ2) is 17.8. The topological polar surface area (TPSA) is 163 Å². The van der Waals surface area contributed by atoms with Crippen LogP contribution in [0.4, 0.5) is 0 Å². The molecule has 13 heteroatoms. The number of aliphatic hydroxyl groups is 1. The number of ether oxygens (including phenoxy) is 1. The molecule has 0 aliphatic carbocycles. The van der Waals surface area contributed by atoms with Crippen molar-refractivity contribution < 1.29 is 43.4 Å². The molecule has 3 aromatic carbocycles. The van der Waals surface area contributed by atoms with Crippen molar-refractivity contribution in [3.05, 3.63) is 108 Å². The largest absolute Gasteiger partial charge is 0.480 e. The Hall–Kier alpha value is -4.64. The number of hydrogen-bond acceptors (Lipinski definition) is 8. The van der Waals surface area contributed by atoms with Crippen molar-refractivity contribution in [2.75, 3.05) is 18.3 Å². The number of methoxy groups -OCH3 is 1. The summed E-state index contributed by atoms with van der Waals surface area (Å²) in [6, 6.07) is 25.3. The third kappa shape index (κ3) is 9.97. The summed E-state index contributed by atoms with van der Waals surface area (Å²) >= 11 is 1.10. The molecule has 262 valence electrons. The van der Waals surface area contributed by atoms with Gasteiger partial charge in [0.25, 0.3) is 10.4 Å². The summed E-state index contributed by atoms with van der Waals surface area (Å²) in [6.45, 7) is 3.70. The fourth-order valence-corrected chi connectivity index (χ4v) is 7.42. The van der Waals surface area contributed by atoms with E-state index in [9.17, 15) is 34.0 Å². The summed E-state index contributed by atoms with van der Waals surface area (Å²) < 4.78 is 19.2. The maximum Gasteiger partial charge on any atom is 0.361 e. The number of benzene rings is 3. The van der Waals surface area contributed by atoms with E-state index in [1.165, 1.54) is 31.4 Å². The van der Waals surface area contributed by atoms with E-state index in [4.69, 9.17) is 4.74 Å². The summed E-state index contributed by atoms with van der Waals surface area (Å²) in [6.07, 6.45) is 1.41. The van der Waals surface area contributed by atoms with Crippen molar-refractivity contribution in [1.29, 1.82) is 0 Å². The molecule has 4 N–H and O–H groups in total. The lowest BCUT2D eigenvalue weighted by atomic mass is 9.92. The molecule has 2 amide bonds. The molecule has 4 aromatic rings. The van der Waals surface area contributed by atoms with Crippen LogP contribution in [0.2, 0.25) is 0 Å². The van der Waals surface area contributed by atoms with Crippen LogP contribution in [0.3, 0.4) is 0 Å². The Bertz CT molecular complexity index is 1820. The van der Waals surface area contributed by atoms with E-state index in [-0.39, 0.29) is 35.6 Å². The molecule has 0 aliphatic heterocycles. The highest BCUT2D eigenvalue weighted by molar-refractivity contribution is 7.99. The number of nitrogens with zero attached hydrogens (tertiary/aromatic N) is 1. The molecular formula is C37H42N3O8PS+2. The van der Waals surface area contributed by atoms with Crippen molar-refractivity contribution in [3.8, 4) is 0 Å². The molecule has 0 saturated carbocycles. The van der Waals surface area contributed by atoms with E-state index in [1.54, 1.807) is 10.7 Å². The van der Waals surface area contributed by atoms with Crippen molar-refractivity contribution in [2.45, 2.75) is 55.9 Å². The SMILES string of the molecule is COC(=O)c1ccc(C(=O)N[n+]2c(SCC(O)([PH+]=O)C(CCCc3ccccc3)C(=O)N[C@@H](CC(C)C)C(=O)O)ccc3ccccc32)cc1. The molecule has 0 fully saturated rings. The van der Waals surface area contributed by atoms with Gasteiger partial charge in [0.2, 0.25) is 11.4 Å². The summed E-state index contributed by atoms with van der Waals surface area (Å²) in [5.41, 5.74) is 5.12. The van der Waals surface area contributed by atoms with Crippen LogP contribution in [0.5, 0.6) is 0 Å². The van der Waals surface area contributed by atoms with Crippen LogP contribution in [-0.2, 0) is 25.3 Å². The van der Waals surface area contributed by atoms with Gasteiger partial charge in [-0.25, -0.2) is 9.59 Å². The fourth-order valence-electron chi connectivity index (χ4n) is 5.55. The van der Waals surface area contributed by atoms with Gasteiger partial charge in [0.05, 0.1) is 18.4 Å². The lowest BCUT2D eigenvalue weighted by molar-refractivity contribution is -0.653. The molecule has 1 aromatic heterocycles. The number of rotatable bonds is 17. The number of aliphatic carboxylic acids is 1. The number of carboxylic acids is 1. The van der Waals surface area contributed by atoms with Gasteiger partial charge in [-0.2, -0.15) is 0 Å². The van der Waals surface area contributed by atoms with E-state index in [2.05, 4.69) is 10.7 Å². The Labute approximate surface area is 296 Å². The molecule has 11 nitrogen and oxygen atoms in total. The second-order valence-electron chi connectivity index (χ2n) is 12.4. The van der Waals surface area contributed by atoms with Crippen LogP contribution in [0.25, 0.3) is 10.9 Å². The number of aromatic nitrogens is 1. The number of aryl methyl sites for hydroxylation is 1. The number of nitrogens with one attached hydrogen (secondary N) is 2. The molecule has 50 heavy (non-hydrogen) atoms. The fraction of sp³-hybridized carbons (Fsp3) is 0.324. The number of esters is 1. The third-order valence-electron chi connectivity index (χ3n) is 8.22. The van der Waals surface area contributed by atoms with E-state index in [0.717, 1.165) is 22.7 Å². The van der Waals surface area contributed by atoms with Gasteiger partial charge in [-0.3, -0.25) is 9.59 Å². The minimum atomic E-state index is -2.04. The summed E-state index contributed by atoms with van der Waals surface area (Å²) in [5.74, 6) is -4.31. The van der Waals surface area contributed by atoms with Gasteiger partial charge >= 0.3 is 26.3 Å². The maximum atomic E-state index is 13.8. The number of pyridine rings is 1. The zero-order chi connectivity index (χ0) is 36.3. The molecule has 0 bridgehead atoms. The Kier molecular flexibility index (Phi) is 13.6. The number of fused-ring (bicyclic) bond motifs is 1. The van der Waals surface area contributed by atoms with Crippen LogP contribution >= 0.6 is 20.2 Å². The van der Waals surface area contributed by atoms with Gasteiger partial charge in [-0.15, -0.1) is 5.43 Å². The van der Waals surface area contributed by atoms with E-state index < -0.39 is 49.5 Å². The standard InChI is InChI=1S/C37H40N3O8PS/c1-24(2)22-30(35(43)44)38-34(42)29(14-9-12-25-10-5-4-6-11-25)37(46,49-47)23-50-32-21-20-26-13-7-8-15-31(26)40(32)39-33(41)27-16-18-28(19-17-27)36(45)48-3/h4-8,10-11,13,15-21,24,29-30,46H,9,12,14,22-23H2,1-3H3,(H2-,38,39,41,42,43,44)/p+2/t29?,30-,37?/m0/s1. The summed E-state index contributed by atoms with van der Waals surface area (Å²) in [4.78, 5) is 51.1. The van der Waals surface area contributed by atoms with Gasteiger partial charge in [-0.1, -0.05) is 65.6 Å². The molecule has 4 rings (SSSR count). The first-order valence-corrected chi connectivity index (χ1v) is 18.1. The smallest absolute Gasteiger partial charge is 0.361 e. The highest BCUT2D eigenvalue weighted by Crippen LogP contribution is 2.38. The summed E-state index contributed by atoms with van der Waals surface area (Å²) in [7, 11) is -0.0479. The first kappa shape index (κ1) is 38.2. The van der Waals surface area contributed by atoms with Crippen LogP contribution < -0.4 is 15.4 Å². The first-order chi connectivity index (χ1) is 23.9. The van der Waals surface area contributed by atoms with Gasteiger partial charge in [0.15, 0.2) is 0 Å². The molecule has 0 aliphatic rings. The molecule has 0 spiro atoms. The van der Waals surface area contributed by atoms with Gasteiger partial charge in [0, 0.05) is 23.1 Å². The lowest BCUT2D eigenvalue weighted by Crippen LogP contribution is -2.52. The van der Waals surface area contributed by atoms with Crippen molar-refractivity contribution >= 4 is 54.9 Å². The summed E-state index contributed by atoms with van der Waals surface area (Å²) in [5, 5.41) is 23.6. The number of hydrogen-bond donors (Lipinski definition) is 4. The van der Waals surface area contributed by atoms with Crippen LogP contribution in [0.15, 0.2) is 96.0 Å². The first-order valence-electron chi connectivity index (χ1n) is 16.2. The van der Waals surface area contributed by atoms with Crippen LogP contribution in [0, 0.1) is 11.8 Å². The molecule has 0 radical (unpaired) electrons. The van der Waals surface area contributed by atoms with Crippen LogP contribution in [-0.4, -0.2) is 58.2 Å². The van der Waals surface area contributed by atoms with Gasteiger partial charge < -0.3 is 20.3 Å². The quantitative estimate of drug-likeness (QED) is 0.0487.